The molecule has 1 aromatic carbocycles. The molecule has 0 radical (unpaired) electrons. The third-order valence-corrected chi connectivity index (χ3v) is 4.43. The lowest BCUT2D eigenvalue weighted by Gasteiger charge is -2.18. The smallest absolute Gasteiger partial charge is 0.349 e. The number of primary amides is 1. The molecule has 7 heteroatoms. The summed E-state index contributed by atoms with van der Waals surface area (Å²) in [5.41, 5.74) is 6.00. The van der Waals surface area contributed by atoms with Gasteiger partial charge in [0.1, 0.15) is 18.1 Å². The van der Waals surface area contributed by atoms with Gasteiger partial charge in [0.2, 0.25) is 0 Å². The van der Waals surface area contributed by atoms with Gasteiger partial charge >= 0.3 is 5.97 Å². The van der Waals surface area contributed by atoms with Crippen molar-refractivity contribution in [1.29, 1.82) is 0 Å². The van der Waals surface area contributed by atoms with Gasteiger partial charge in [-0.1, -0.05) is 0 Å². The minimum Gasteiger partial charge on any atom is -0.486 e. The van der Waals surface area contributed by atoms with Crippen molar-refractivity contribution < 1.29 is 23.8 Å². The Balaban J connectivity index is 1.79. The minimum absolute atomic E-state index is 0.406. The van der Waals surface area contributed by atoms with Crippen LogP contribution in [0.5, 0.6) is 11.5 Å². The van der Waals surface area contributed by atoms with Crippen LogP contribution in [0, 0.1) is 0 Å². The Kier molecular flexibility index (Phi) is 4.20. The standard InChI is InChI=1S/C16H15NO5S/c1-9(15(17)18)22-16(19)14-5-4-13(23-14)10-2-3-11-12(8-10)21-7-6-20-11/h2-5,8-9H,6-7H2,1H3,(H2,17,18). The zero-order valence-electron chi connectivity index (χ0n) is 12.4. The van der Waals surface area contributed by atoms with Crippen molar-refractivity contribution in [2.45, 2.75) is 13.0 Å². The van der Waals surface area contributed by atoms with E-state index in [-0.39, 0.29) is 0 Å². The van der Waals surface area contributed by atoms with E-state index in [1.807, 2.05) is 24.3 Å². The summed E-state index contributed by atoms with van der Waals surface area (Å²) in [7, 11) is 0. The van der Waals surface area contributed by atoms with Crippen LogP contribution < -0.4 is 15.2 Å². The molecule has 0 saturated carbocycles. The molecule has 1 aliphatic heterocycles. The van der Waals surface area contributed by atoms with Gasteiger partial charge < -0.3 is 19.9 Å². The van der Waals surface area contributed by atoms with Crippen molar-refractivity contribution in [3.8, 4) is 21.9 Å². The van der Waals surface area contributed by atoms with E-state index in [1.165, 1.54) is 18.3 Å². The van der Waals surface area contributed by atoms with Gasteiger partial charge in [-0.2, -0.15) is 0 Å². The molecule has 1 atom stereocenters. The molecule has 6 nitrogen and oxygen atoms in total. The van der Waals surface area contributed by atoms with Crippen molar-refractivity contribution in [1.82, 2.24) is 0 Å². The summed E-state index contributed by atoms with van der Waals surface area (Å²) in [6, 6.07) is 9.10. The second-order valence-electron chi connectivity index (χ2n) is 4.97. The molecule has 1 aliphatic rings. The summed E-state index contributed by atoms with van der Waals surface area (Å²) in [4.78, 5) is 24.2. The van der Waals surface area contributed by atoms with Crippen LogP contribution in [-0.4, -0.2) is 31.2 Å². The van der Waals surface area contributed by atoms with Crippen LogP contribution >= 0.6 is 11.3 Å². The maximum Gasteiger partial charge on any atom is 0.349 e. The molecule has 2 aromatic rings. The monoisotopic (exact) mass is 333 g/mol. The number of hydrogen-bond acceptors (Lipinski definition) is 6. The fourth-order valence-electron chi connectivity index (χ4n) is 2.08. The predicted molar refractivity (Wildman–Crippen MR) is 84.8 cm³/mol. The van der Waals surface area contributed by atoms with E-state index < -0.39 is 18.0 Å². The summed E-state index contributed by atoms with van der Waals surface area (Å²) in [5, 5.41) is 0. The van der Waals surface area contributed by atoms with E-state index in [9.17, 15) is 9.59 Å². The van der Waals surface area contributed by atoms with Crippen LogP contribution in [0.25, 0.3) is 10.4 Å². The van der Waals surface area contributed by atoms with Crippen LogP contribution in [-0.2, 0) is 9.53 Å². The summed E-state index contributed by atoms with van der Waals surface area (Å²) in [5.74, 6) is 0.159. The van der Waals surface area contributed by atoms with Crippen LogP contribution in [0.3, 0.4) is 0 Å². The molecule has 0 bridgehead atoms. The number of rotatable bonds is 4. The SMILES string of the molecule is CC(OC(=O)c1ccc(-c2ccc3c(c2)OCCO3)s1)C(N)=O. The third kappa shape index (κ3) is 3.29. The Hall–Kier alpha value is -2.54. The highest BCUT2D eigenvalue weighted by Gasteiger charge is 2.19. The number of thiophene rings is 1. The highest BCUT2D eigenvalue weighted by atomic mass is 32.1. The lowest BCUT2D eigenvalue weighted by molar-refractivity contribution is -0.125. The molecular weight excluding hydrogens is 318 g/mol. The summed E-state index contributed by atoms with van der Waals surface area (Å²) in [6.45, 7) is 2.50. The molecule has 0 aliphatic carbocycles. The first-order chi connectivity index (χ1) is 11.0. The molecule has 3 rings (SSSR count). The number of carbonyl (C=O) groups excluding carboxylic acids is 2. The molecule has 1 unspecified atom stereocenters. The molecule has 120 valence electrons. The topological polar surface area (TPSA) is 87.8 Å². The summed E-state index contributed by atoms with van der Waals surface area (Å²) >= 11 is 1.28. The molecule has 2 N–H and O–H groups in total. The first kappa shape index (κ1) is 15.4. The molecule has 1 aromatic heterocycles. The zero-order valence-corrected chi connectivity index (χ0v) is 13.2. The quantitative estimate of drug-likeness (QED) is 0.867. The largest absolute Gasteiger partial charge is 0.486 e. The third-order valence-electron chi connectivity index (χ3n) is 3.32. The average molecular weight is 333 g/mol. The fraction of sp³-hybridized carbons (Fsp3) is 0.250. The number of amides is 1. The minimum atomic E-state index is -0.956. The fourth-order valence-corrected chi connectivity index (χ4v) is 2.96. The number of esters is 1. The molecular formula is C16H15NO5S. The maximum atomic E-state index is 12.0. The van der Waals surface area contributed by atoms with Gasteiger partial charge in [0, 0.05) is 4.88 Å². The van der Waals surface area contributed by atoms with Crippen molar-refractivity contribution in [2.75, 3.05) is 13.2 Å². The van der Waals surface area contributed by atoms with Gasteiger partial charge in [-0.05, 0) is 42.8 Å². The number of fused-ring (bicyclic) bond motifs is 1. The molecule has 2 heterocycles. The van der Waals surface area contributed by atoms with Crippen molar-refractivity contribution in [3.63, 3.8) is 0 Å². The molecule has 0 fully saturated rings. The number of nitrogens with two attached hydrogens (primary N) is 1. The van der Waals surface area contributed by atoms with Crippen molar-refractivity contribution >= 4 is 23.2 Å². The number of ether oxygens (including phenoxy) is 3. The average Bonchev–Trinajstić information content (AvgIpc) is 3.04. The van der Waals surface area contributed by atoms with Gasteiger partial charge in [-0.15, -0.1) is 11.3 Å². The second kappa shape index (κ2) is 6.29. The summed E-state index contributed by atoms with van der Waals surface area (Å²) < 4.78 is 16.0. The van der Waals surface area contributed by atoms with E-state index in [0.717, 1.165) is 10.4 Å². The van der Waals surface area contributed by atoms with Crippen LogP contribution in [0.4, 0.5) is 0 Å². The van der Waals surface area contributed by atoms with Gasteiger partial charge in [-0.3, -0.25) is 4.79 Å². The Labute approximate surface area is 136 Å². The van der Waals surface area contributed by atoms with Gasteiger partial charge in [-0.25, -0.2) is 4.79 Å². The Morgan fingerprint density at radius 2 is 1.91 bits per heavy atom. The van der Waals surface area contributed by atoms with E-state index in [4.69, 9.17) is 19.9 Å². The van der Waals surface area contributed by atoms with Crippen LogP contribution in [0.1, 0.15) is 16.6 Å². The molecule has 0 saturated heterocycles. The lowest BCUT2D eigenvalue weighted by atomic mass is 10.1. The molecule has 23 heavy (non-hydrogen) atoms. The lowest BCUT2D eigenvalue weighted by Crippen LogP contribution is -2.30. The van der Waals surface area contributed by atoms with Gasteiger partial charge in [0.05, 0.1) is 0 Å². The second-order valence-corrected chi connectivity index (χ2v) is 6.06. The maximum absolute atomic E-state index is 12.0. The number of benzene rings is 1. The van der Waals surface area contributed by atoms with Crippen molar-refractivity contribution in [3.05, 3.63) is 35.2 Å². The Morgan fingerprint density at radius 3 is 2.65 bits per heavy atom. The molecule has 0 spiro atoms. The van der Waals surface area contributed by atoms with E-state index >= 15 is 0 Å². The highest BCUT2D eigenvalue weighted by Crippen LogP contribution is 2.37. The first-order valence-corrected chi connectivity index (χ1v) is 7.86. The van der Waals surface area contributed by atoms with E-state index in [0.29, 0.717) is 29.6 Å². The molecule has 1 amide bonds. The highest BCUT2D eigenvalue weighted by molar-refractivity contribution is 7.17. The summed E-state index contributed by atoms with van der Waals surface area (Å²) in [6.07, 6.45) is -0.956. The Bertz CT molecular complexity index is 755. The van der Waals surface area contributed by atoms with E-state index in [2.05, 4.69) is 0 Å². The van der Waals surface area contributed by atoms with Gasteiger partial charge in [0.15, 0.2) is 17.6 Å². The van der Waals surface area contributed by atoms with Crippen LogP contribution in [0.2, 0.25) is 0 Å². The number of carbonyl (C=O) groups is 2. The Morgan fingerprint density at radius 1 is 1.17 bits per heavy atom. The van der Waals surface area contributed by atoms with Crippen molar-refractivity contribution in [2.24, 2.45) is 5.73 Å². The van der Waals surface area contributed by atoms with Crippen LogP contribution in [0.15, 0.2) is 30.3 Å². The van der Waals surface area contributed by atoms with Gasteiger partial charge in [0.25, 0.3) is 5.91 Å². The normalized spacial score (nSPS) is 14.1. The predicted octanol–water partition coefficient (Wildman–Crippen LogP) is 2.22. The van der Waals surface area contributed by atoms with E-state index in [1.54, 1.807) is 6.07 Å². The first-order valence-electron chi connectivity index (χ1n) is 7.05. The zero-order chi connectivity index (χ0) is 16.4. The number of hydrogen-bond donors (Lipinski definition) is 1.